The Balaban J connectivity index is 1.50. The van der Waals surface area contributed by atoms with Crippen molar-refractivity contribution in [3.63, 3.8) is 0 Å². The molecule has 3 aromatic carbocycles. The van der Waals surface area contributed by atoms with Crippen LogP contribution in [0.1, 0.15) is 17.0 Å². The molecule has 1 aliphatic heterocycles. The molecule has 1 N–H and O–H groups in total. The van der Waals surface area contributed by atoms with Gasteiger partial charge in [0, 0.05) is 11.6 Å². The number of benzene rings is 3. The number of halogens is 5. The van der Waals surface area contributed by atoms with E-state index in [4.69, 9.17) is 0 Å². The van der Waals surface area contributed by atoms with Crippen molar-refractivity contribution < 1.29 is 31.5 Å². The van der Waals surface area contributed by atoms with Gasteiger partial charge in [0.1, 0.15) is 11.6 Å². The van der Waals surface area contributed by atoms with Crippen LogP contribution in [0.4, 0.5) is 32.4 Å². The van der Waals surface area contributed by atoms with Crippen LogP contribution in [0.3, 0.4) is 0 Å². The van der Waals surface area contributed by atoms with E-state index in [1.165, 1.54) is 29.3 Å². The lowest BCUT2D eigenvalue weighted by molar-refractivity contribution is -0.253. The molecule has 0 radical (unpaired) electrons. The number of hydrogen-bond acceptors (Lipinski definition) is 3. The van der Waals surface area contributed by atoms with Gasteiger partial charge in [0.2, 0.25) is 0 Å². The molecule has 0 bridgehead atoms. The molecule has 0 saturated carbocycles. The summed E-state index contributed by atoms with van der Waals surface area (Å²) in [4.78, 5) is 12.8. The van der Waals surface area contributed by atoms with E-state index in [0.717, 1.165) is 23.3 Å². The zero-order valence-corrected chi connectivity index (χ0v) is 17.5. The number of nitrogens with one attached hydrogen (secondary N) is 1. The zero-order valence-electron chi connectivity index (χ0n) is 17.5. The van der Waals surface area contributed by atoms with E-state index in [2.05, 4.69) is 15.2 Å². The van der Waals surface area contributed by atoms with Gasteiger partial charge in [0.25, 0.3) is 0 Å². The summed E-state index contributed by atoms with van der Waals surface area (Å²) in [6.07, 6.45) is -8.61. The van der Waals surface area contributed by atoms with E-state index in [0.29, 0.717) is 5.71 Å². The van der Waals surface area contributed by atoms with Crippen LogP contribution in [0, 0.1) is 5.82 Å². The third-order valence-electron chi connectivity index (χ3n) is 5.10. The summed E-state index contributed by atoms with van der Waals surface area (Å²) in [6, 6.07) is 19.1. The Labute approximate surface area is 191 Å². The van der Waals surface area contributed by atoms with Crippen LogP contribution < -0.4 is 10.1 Å². The molecule has 0 spiro atoms. The Kier molecular flexibility index (Phi) is 6.49. The van der Waals surface area contributed by atoms with E-state index in [-0.39, 0.29) is 24.0 Å². The molecule has 0 fully saturated rings. The minimum Gasteiger partial charge on any atom is -0.428 e. The summed E-state index contributed by atoms with van der Waals surface area (Å²) in [7, 11) is 0. The fourth-order valence-electron chi connectivity index (χ4n) is 3.45. The van der Waals surface area contributed by atoms with Gasteiger partial charge in [-0.05, 0) is 47.5 Å². The van der Waals surface area contributed by atoms with Gasteiger partial charge in [-0.15, -0.1) is 0 Å². The number of carbonyl (C=O) groups is 1. The standard InChI is InChI=1S/C24H18F5N3O2/c25-17-8-6-15(7-9-17)20-14-32(31-21(20)16-4-2-1-3-5-16)23(33)30-18-10-12-19(13-11-18)34-24(28,29)22(26)27/h1-13,20,22H,14H2,(H,30,33). The molecular weight excluding hydrogens is 457 g/mol. The van der Waals surface area contributed by atoms with Gasteiger partial charge in [-0.3, -0.25) is 0 Å². The molecule has 176 valence electrons. The van der Waals surface area contributed by atoms with Crippen molar-refractivity contribution in [1.29, 1.82) is 0 Å². The van der Waals surface area contributed by atoms with Crippen LogP contribution in [-0.4, -0.2) is 35.8 Å². The summed E-state index contributed by atoms with van der Waals surface area (Å²) in [5, 5.41) is 8.25. The maximum atomic E-state index is 13.4. The molecule has 2 amide bonds. The summed E-state index contributed by atoms with van der Waals surface area (Å²) in [5.41, 5.74) is 2.43. The average Bonchev–Trinajstić information content (AvgIpc) is 3.27. The Morgan fingerprint density at radius 3 is 2.26 bits per heavy atom. The lowest BCUT2D eigenvalue weighted by Gasteiger charge is -2.18. The monoisotopic (exact) mass is 475 g/mol. The second kappa shape index (κ2) is 9.50. The molecule has 1 aliphatic rings. The molecule has 4 rings (SSSR count). The Morgan fingerprint density at radius 1 is 1.00 bits per heavy atom. The molecule has 1 unspecified atom stereocenters. The number of ether oxygens (including phenoxy) is 1. The number of alkyl halides is 4. The van der Waals surface area contributed by atoms with Crippen molar-refractivity contribution >= 4 is 17.4 Å². The summed E-state index contributed by atoms with van der Waals surface area (Å²) < 4.78 is 68.1. The molecule has 0 aromatic heterocycles. The van der Waals surface area contributed by atoms with Crippen LogP contribution >= 0.6 is 0 Å². The molecule has 0 aliphatic carbocycles. The highest BCUT2D eigenvalue weighted by Gasteiger charge is 2.44. The normalized spacial score (nSPS) is 15.9. The third-order valence-corrected chi connectivity index (χ3v) is 5.10. The van der Waals surface area contributed by atoms with Gasteiger partial charge in [0.15, 0.2) is 0 Å². The van der Waals surface area contributed by atoms with E-state index in [9.17, 15) is 26.7 Å². The number of urea groups is 1. The van der Waals surface area contributed by atoms with Gasteiger partial charge in [0.05, 0.1) is 12.3 Å². The van der Waals surface area contributed by atoms with Crippen molar-refractivity contribution in [1.82, 2.24) is 5.01 Å². The SMILES string of the molecule is O=C(Nc1ccc(OC(F)(F)C(F)F)cc1)N1CC(c2ccc(F)cc2)C(c2ccccc2)=N1. The number of rotatable bonds is 6. The molecule has 1 atom stereocenters. The molecule has 34 heavy (non-hydrogen) atoms. The number of hydrogen-bond donors (Lipinski definition) is 1. The van der Waals surface area contributed by atoms with Crippen molar-refractivity contribution in [2.24, 2.45) is 5.10 Å². The van der Waals surface area contributed by atoms with E-state index >= 15 is 0 Å². The second-order valence-electron chi connectivity index (χ2n) is 7.46. The van der Waals surface area contributed by atoms with Crippen LogP contribution in [0.25, 0.3) is 0 Å². The van der Waals surface area contributed by atoms with Crippen molar-refractivity contribution in [3.8, 4) is 5.75 Å². The summed E-state index contributed by atoms with van der Waals surface area (Å²) in [6.45, 7) is 0.184. The maximum absolute atomic E-state index is 13.4. The quantitative estimate of drug-likeness (QED) is 0.438. The van der Waals surface area contributed by atoms with Gasteiger partial charge in [-0.25, -0.2) is 14.2 Å². The van der Waals surface area contributed by atoms with Gasteiger partial charge >= 0.3 is 18.6 Å². The first-order valence-corrected chi connectivity index (χ1v) is 10.2. The Hall–Kier alpha value is -3.95. The average molecular weight is 475 g/mol. The van der Waals surface area contributed by atoms with Crippen molar-refractivity contribution in [2.75, 3.05) is 11.9 Å². The molecular formula is C24H18F5N3O2. The number of nitrogens with zero attached hydrogens (tertiary/aromatic N) is 2. The number of anilines is 1. The van der Waals surface area contributed by atoms with Gasteiger partial charge in [-0.2, -0.15) is 22.7 Å². The number of carbonyl (C=O) groups excluding carboxylic acids is 1. The predicted molar refractivity (Wildman–Crippen MR) is 116 cm³/mol. The van der Waals surface area contributed by atoms with Gasteiger partial charge in [-0.1, -0.05) is 42.5 Å². The molecule has 3 aromatic rings. The van der Waals surface area contributed by atoms with E-state index in [1.54, 1.807) is 12.1 Å². The zero-order chi connectivity index (χ0) is 24.3. The summed E-state index contributed by atoms with van der Waals surface area (Å²) in [5.74, 6) is -1.17. The lowest BCUT2D eigenvalue weighted by Crippen LogP contribution is -2.33. The number of hydrazone groups is 1. The van der Waals surface area contributed by atoms with E-state index in [1.807, 2.05) is 30.3 Å². The second-order valence-corrected chi connectivity index (χ2v) is 7.46. The number of amides is 2. The molecule has 10 heteroatoms. The fraction of sp³-hybridized carbons (Fsp3) is 0.167. The molecule has 0 saturated heterocycles. The van der Waals surface area contributed by atoms with Crippen LogP contribution in [0.5, 0.6) is 5.75 Å². The Morgan fingerprint density at radius 2 is 1.65 bits per heavy atom. The van der Waals surface area contributed by atoms with Gasteiger partial charge < -0.3 is 10.1 Å². The minimum absolute atomic E-state index is 0.184. The lowest BCUT2D eigenvalue weighted by atomic mass is 9.90. The van der Waals surface area contributed by atoms with E-state index < -0.39 is 24.3 Å². The maximum Gasteiger partial charge on any atom is 0.461 e. The Bertz CT molecular complexity index is 1170. The first-order chi connectivity index (χ1) is 16.2. The van der Waals surface area contributed by atoms with Crippen molar-refractivity contribution in [3.05, 3.63) is 95.8 Å². The summed E-state index contributed by atoms with van der Waals surface area (Å²) >= 11 is 0. The van der Waals surface area contributed by atoms with Crippen LogP contribution in [-0.2, 0) is 0 Å². The molecule has 1 heterocycles. The highest BCUT2D eigenvalue weighted by atomic mass is 19.3. The largest absolute Gasteiger partial charge is 0.461 e. The first kappa shape index (κ1) is 23.2. The minimum atomic E-state index is -4.63. The predicted octanol–water partition coefficient (Wildman–Crippen LogP) is 6.10. The first-order valence-electron chi connectivity index (χ1n) is 10.2. The fourth-order valence-corrected chi connectivity index (χ4v) is 3.45. The third kappa shape index (κ3) is 5.16. The highest BCUT2D eigenvalue weighted by molar-refractivity contribution is 6.07. The van der Waals surface area contributed by atoms with Crippen LogP contribution in [0.2, 0.25) is 0 Å². The topological polar surface area (TPSA) is 53.9 Å². The van der Waals surface area contributed by atoms with Crippen molar-refractivity contribution in [2.45, 2.75) is 18.5 Å². The highest BCUT2D eigenvalue weighted by Crippen LogP contribution is 2.30. The smallest absolute Gasteiger partial charge is 0.428 e. The molecule has 5 nitrogen and oxygen atoms in total. The van der Waals surface area contributed by atoms with Crippen LogP contribution in [0.15, 0.2) is 84.0 Å².